The third kappa shape index (κ3) is 4.39. The topological polar surface area (TPSA) is 107 Å². The van der Waals surface area contributed by atoms with Gasteiger partial charge in [-0.2, -0.15) is 0 Å². The van der Waals surface area contributed by atoms with Gasteiger partial charge < -0.3 is 20.6 Å². The summed E-state index contributed by atoms with van der Waals surface area (Å²) in [5.74, 6) is -1.47. The molecule has 0 fully saturated rings. The van der Waals surface area contributed by atoms with Crippen LogP contribution in [0.1, 0.15) is 37.4 Å². The minimum atomic E-state index is -1.02. The summed E-state index contributed by atoms with van der Waals surface area (Å²) in [6, 6.07) is 22.2. The lowest BCUT2D eigenvalue weighted by molar-refractivity contribution is 0.0696. The zero-order chi connectivity index (χ0) is 22.7. The minimum absolute atomic E-state index is 0.0707. The second-order valence-electron chi connectivity index (χ2n) is 7.51. The van der Waals surface area contributed by atoms with Crippen molar-refractivity contribution in [2.75, 3.05) is 0 Å². The zero-order valence-corrected chi connectivity index (χ0v) is 17.1. The van der Waals surface area contributed by atoms with Crippen molar-refractivity contribution in [3.8, 4) is 11.5 Å². The second kappa shape index (κ2) is 8.81. The SMILES string of the molecule is O=C(O)c1ccc(Cc2c(O)cc3ccc(C(=O)NCc4ccccc4)cc3c2O)cc1. The molecule has 1 amide bonds. The quantitative estimate of drug-likeness (QED) is 0.363. The number of rotatable bonds is 6. The lowest BCUT2D eigenvalue weighted by Gasteiger charge is -2.12. The van der Waals surface area contributed by atoms with E-state index >= 15 is 0 Å². The van der Waals surface area contributed by atoms with Crippen LogP contribution in [-0.4, -0.2) is 27.2 Å². The average molecular weight is 427 g/mol. The number of amides is 1. The Hall–Kier alpha value is -4.32. The van der Waals surface area contributed by atoms with E-state index < -0.39 is 5.97 Å². The van der Waals surface area contributed by atoms with Crippen LogP contribution in [0.2, 0.25) is 0 Å². The summed E-state index contributed by atoms with van der Waals surface area (Å²) in [6.45, 7) is 0.386. The average Bonchev–Trinajstić information content (AvgIpc) is 2.81. The molecule has 0 aliphatic carbocycles. The predicted octanol–water partition coefficient (Wildman–Crippen LogP) is 4.47. The molecule has 6 nitrogen and oxygen atoms in total. The first-order chi connectivity index (χ1) is 15.4. The smallest absolute Gasteiger partial charge is 0.335 e. The molecule has 0 saturated heterocycles. The molecule has 4 aromatic carbocycles. The normalized spacial score (nSPS) is 10.8. The van der Waals surface area contributed by atoms with E-state index in [0.29, 0.717) is 28.4 Å². The number of aromatic carboxylic acids is 1. The van der Waals surface area contributed by atoms with E-state index in [1.54, 1.807) is 36.4 Å². The first-order valence-corrected chi connectivity index (χ1v) is 10.0. The van der Waals surface area contributed by atoms with Crippen molar-refractivity contribution in [2.45, 2.75) is 13.0 Å². The Morgan fingerprint density at radius 1 is 0.781 bits per heavy atom. The van der Waals surface area contributed by atoms with E-state index in [2.05, 4.69) is 5.32 Å². The summed E-state index contributed by atoms with van der Waals surface area (Å²) in [5.41, 5.74) is 2.57. The Labute approximate surface area is 184 Å². The van der Waals surface area contributed by atoms with E-state index in [-0.39, 0.29) is 29.4 Å². The number of phenols is 2. The number of aromatic hydroxyl groups is 2. The number of carboxylic acid groups (broad SMARTS) is 1. The second-order valence-corrected chi connectivity index (χ2v) is 7.51. The highest BCUT2D eigenvalue weighted by Crippen LogP contribution is 2.37. The first kappa shape index (κ1) is 20.9. The third-order valence-corrected chi connectivity index (χ3v) is 5.34. The number of hydrogen-bond donors (Lipinski definition) is 4. The standard InChI is InChI=1S/C26H21NO5/c28-23-14-19-10-11-20(25(30)27-15-17-4-2-1-3-5-17)13-21(19)24(29)22(23)12-16-6-8-18(9-7-16)26(31)32/h1-11,13-14,28-29H,12,15H2,(H,27,30)(H,31,32). The van der Waals surface area contributed by atoms with Crippen molar-refractivity contribution in [1.82, 2.24) is 5.32 Å². The lowest BCUT2D eigenvalue weighted by atomic mass is 9.96. The monoisotopic (exact) mass is 427 g/mol. The van der Waals surface area contributed by atoms with E-state index in [1.165, 1.54) is 12.1 Å². The van der Waals surface area contributed by atoms with Crippen molar-refractivity contribution in [3.63, 3.8) is 0 Å². The summed E-state index contributed by atoms with van der Waals surface area (Å²) >= 11 is 0. The van der Waals surface area contributed by atoms with Gasteiger partial charge in [0.25, 0.3) is 5.91 Å². The van der Waals surface area contributed by atoms with Crippen LogP contribution in [0.5, 0.6) is 11.5 Å². The Balaban J connectivity index is 1.61. The number of carbonyl (C=O) groups excluding carboxylic acids is 1. The third-order valence-electron chi connectivity index (χ3n) is 5.34. The summed E-state index contributed by atoms with van der Waals surface area (Å²) in [4.78, 5) is 23.6. The van der Waals surface area contributed by atoms with E-state index in [9.17, 15) is 19.8 Å². The van der Waals surface area contributed by atoms with Crippen molar-refractivity contribution >= 4 is 22.6 Å². The number of benzene rings is 4. The number of hydrogen-bond acceptors (Lipinski definition) is 4. The minimum Gasteiger partial charge on any atom is -0.507 e. The summed E-state index contributed by atoms with van der Waals surface area (Å²) in [7, 11) is 0. The van der Waals surface area contributed by atoms with Gasteiger partial charge in [0.2, 0.25) is 0 Å². The van der Waals surface area contributed by atoms with E-state index in [4.69, 9.17) is 5.11 Å². The van der Waals surface area contributed by atoms with Gasteiger partial charge >= 0.3 is 5.97 Å². The van der Waals surface area contributed by atoms with Crippen molar-refractivity contribution < 1.29 is 24.9 Å². The van der Waals surface area contributed by atoms with E-state index in [0.717, 1.165) is 11.1 Å². The largest absolute Gasteiger partial charge is 0.507 e. The van der Waals surface area contributed by atoms with Crippen LogP contribution in [0.3, 0.4) is 0 Å². The van der Waals surface area contributed by atoms with Crippen LogP contribution in [0.15, 0.2) is 78.9 Å². The highest BCUT2D eigenvalue weighted by atomic mass is 16.4. The van der Waals surface area contributed by atoms with Crippen LogP contribution in [0.25, 0.3) is 10.8 Å². The van der Waals surface area contributed by atoms with Gasteiger partial charge in [-0.1, -0.05) is 48.5 Å². The molecule has 160 valence electrons. The Bertz CT molecular complexity index is 1300. The summed E-state index contributed by atoms with van der Waals surface area (Å²) in [5, 5.41) is 34.3. The molecule has 32 heavy (non-hydrogen) atoms. The maximum absolute atomic E-state index is 12.6. The summed E-state index contributed by atoms with van der Waals surface area (Å²) < 4.78 is 0. The number of phenolic OH excluding ortho intramolecular Hbond substituents is 2. The molecule has 0 radical (unpaired) electrons. The van der Waals surface area contributed by atoms with Crippen LogP contribution >= 0.6 is 0 Å². The van der Waals surface area contributed by atoms with Gasteiger partial charge in [0.15, 0.2) is 0 Å². The van der Waals surface area contributed by atoms with Crippen LogP contribution in [0.4, 0.5) is 0 Å². The van der Waals surface area contributed by atoms with Crippen LogP contribution in [-0.2, 0) is 13.0 Å². The van der Waals surface area contributed by atoms with Gasteiger partial charge in [-0.25, -0.2) is 4.79 Å². The van der Waals surface area contributed by atoms with Gasteiger partial charge in [0.05, 0.1) is 5.56 Å². The lowest BCUT2D eigenvalue weighted by Crippen LogP contribution is -2.22. The van der Waals surface area contributed by atoms with Gasteiger partial charge in [0, 0.05) is 29.5 Å². The van der Waals surface area contributed by atoms with Crippen molar-refractivity contribution in [2.24, 2.45) is 0 Å². The number of carbonyl (C=O) groups is 2. The Morgan fingerprint density at radius 2 is 1.47 bits per heavy atom. The molecule has 6 heteroatoms. The van der Waals surface area contributed by atoms with Crippen molar-refractivity contribution in [1.29, 1.82) is 0 Å². The molecular weight excluding hydrogens is 406 g/mol. The Morgan fingerprint density at radius 3 is 2.16 bits per heavy atom. The van der Waals surface area contributed by atoms with Crippen LogP contribution < -0.4 is 5.32 Å². The fourth-order valence-corrected chi connectivity index (χ4v) is 3.57. The highest BCUT2D eigenvalue weighted by Gasteiger charge is 2.16. The molecule has 0 aliphatic rings. The van der Waals surface area contributed by atoms with Crippen molar-refractivity contribution in [3.05, 3.63) is 107 Å². The molecule has 0 unspecified atom stereocenters. The molecule has 0 aliphatic heterocycles. The Kier molecular flexibility index (Phi) is 5.77. The van der Waals surface area contributed by atoms with Gasteiger partial charge in [-0.3, -0.25) is 4.79 Å². The molecule has 0 bridgehead atoms. The number of nitrogens with one attached hydrogen (secondary N) is 1. The molecule has 0 aromatic heterocycles. The predicted molar refractivity (Wildman–Crippen MR) is 121 cm³/mol. The molecule has 0 saturated carbocycles. The van der Waals surface area contributed by atoms with Gasteiger partial charge in [0.1, 0.15) is 11.5 Å². The molecule has 4 rings (SSSR count). The molecule has 4 N–H and O–H groups in total. The van der Waals surface area contributed by atoms with Gasteiger partial charge in [-0.15, -0.1) is 0 Å². The summed E-state index contributed by atoms with van der Waals surface area (Å²) in [6.07, 6.45) is 0.206. The highest BCUT2D eigenvalue weighted by molar-refractivity contribution is 6.01. The fourth-order valence-electron chi connectivity index (χ4n) is 3.57. The molecule has 0 spiro atoms. The number of fused-ring (bicyclic) bond motifs is 1. The fraction of sp³-hybridized carbons (Fsp3) is 0.0769. The molecule has 4 aromatic rings. The van der Waals surface area contributed by atoms with Crippen LogP contribution in [0, 0.1) is 0 Å². The molecule has 0 heterocycles. The maximum Gasteiger partial charge on any atom is 0.335 e. The molecule has 0 atom stereocenters. The van der Waals surface area contributed by atoms with E-state index in [1.807, 2.05) is 30.3 Å². The number of carboxylic acids is 1. The molecular formula is C26H21NO5. The first-order valence-electron chi connectivity index (χ1n) is 10.0. The van der Waals surface area contributed by atoms with Gasteiger partial charge in [-0.05, 0) is 46.8 Å². The zero-order valence-electron chi connectivity index (χ0n) is 17.1. The maximum atomic E-state index is 12.6.